The molecule has 1 aromatic rings. The maximum Gasteiger partial charge on any atom is -0.147 e. The van der Waals surface area contributed by atoms with E-state index in [1.807, 2.05) is 0 Å². The van der Waals surface area contributed by atoms with E-state index in [1.54, 1.807) is 0 Å². The van der Waals surface area contributed by atoms with E-state index in [2.05, 4.69) is 31.2 Å². The van der Waals surface area contributed by atoms with Crippen LogP contribution in [-0.4, -0.2) is 22.5 Å². The molecule has 0 fully saturated rings. The summed E-state index contributed by atoms with van der Waals surface area (Å²) in [6.45, 7) is 2.14. The van der Waals surface area contributed by atoms with Crippen molar-refractivity contribution in [1.82, 2.24) is 0 Å². The normalized spacial score (nSPS) is 7.40. The van der Waals surface area contributed by atoms with Crippen LogP contribution in [0, 0.1) is 6.92 Å². The third kappa shape index (κ3) is 3.69. The van der Waals surface area contributed by atoms with Crippen LogP contribution in [0.3, 0.4) is 0 Å². The standard InChI is InChI=1S/C7H7.2ClH.Sn/c1-7-5-3-2-4-6-7;;;/h2-5H,1H3;2*1H;. The first-order valence-corrected chi connectivity index (χ1v) is 4.00. The number of benzene rings is 1. The van der Waals surface area contributed by atoms with E-state index in [0.717, 1.165) is 0 Å². The molecular weight excluding hydrogens is 274 g/mol. The third-order valence-electron chi connectivity index (χ3n) is 1.15. The Morgan fingerprint density at radius 1 is 1.10 bits per heavy atom. The van der Waals surface area contributed by atoms with Gasteiger partial charge in [-0.3, -0.25) is 0 Å². The van der Waals surface area contributed by atoms with Gasteiger partial charge >= 0.3 is 62.9 Å². The monoisotopic (exact) mass is 283 g/mol. The molecule has 0 spiro atoms. The van der Waals surface area contributed by atoms with E-state index in [1.165, 1.54) is 31.7 Å². The van der Waals surface area contributed by atoms with Crippen LogP contribution in [-0.2, 0) is 0 Å². The Balaban J connectivity index is 0. The van der Waals surface area contributed by atoms with E-state index in [9.17, 15) is 0 Å². The molecule has 1 rings (SSSR count). The molecule has 0 N–H and O–H groups in total. The van der Waals surface area contributed by atoms with Gasteiger partial charge in [-0.15, -0.1) is 24.8 Å². The summed E-state index contributed by atoms with van der Waals surface area (Å²) in [6, 6.07) is 8.46. The predicted molar refractivity (Wildman–Crippen MR) is 51.1 cm³/mol. The summed E-state index contributed by atoms with van der Waals surface area (Å²) in [4.78, 5) is 0. The zero-order chi connectivity index (χ0) is 5.98. The molecule has 10 heavy (non-hydrogen) atoms. The van der Waals surface area contributed by atoms with Crippen molar-refractivity contribution in [3.05, 3.63) is 29.8 Å². The SMILES string of the molecule is Cc1cccc[c]1[Sn].Cl.Cl. The summed E-state index contributed by atoms with van der Waals surface area (Å²) in [7, 11) is 0. The molecule has 3 heteroatoms. The fourth-order valence-corrected chi connectivity index (χ4v) is 1.09. The van der Waals surface area contributed by atoms with Gasteiger partial charge in [0.2, 0.25) is 0 Å². The van der Waals surface area contributed by atoms with Gasteiger partial charge in [0.1, 0.15) is 0 Å². The van der Waals surface area contributed by atoms with E-state index in [-0.39, 0.29) is 24.8 Å². The average Bonchev–Trinajstić information content (AvgIpc) is 1.77. The zero-order valence-corrected chi connectivity index (χ0v) is 10.1. The molecule has 0 saturated carbocycles. The second-order valence-electron chi connectivity index (χ2n) is 1.81. The van der Waals surface area contributed by atoms with Crippen LogP contribution in [0.5, 0.6) is 0 Å². The number of hydrogen-bond acceptors (Lipinski definition) is 0. The first-order valence-electron chi connectivity index (χ1n) is 2.58. The molecule has 0 atom stereocenters. The number of rotatable bonds is 0. The molecular formula is C7H9Cl2Sn. The Morgan fingerprint density at radius 3 is 1.90 bits per heavy atom. The summed E-state index contributed by atoms with van der Waals surface area (Å²) >= 11 is 1.51. The first-order chi connectivity index (χ1) is 3.80. The Morgan fingerprint density at radius 2 is 1.60 bits per heavy atom. The quantitative estimate of drug-likeness (QED) is 0.635. The molecule has 0 aliphatic rings. The topological polar surface area (TPSA) is 0 Å². The van der Waals surface area contributed by atoms with Crippen LogP contribution < -0.4 is 3.58 Å². The van der Waals surface area contributed by atoms with Crippen LogP contribution in [0.2, 0.25) is 0 Å². The van der Waals surface area contributed by atoms with Gasteiger partial charge in [0.05, 0.1) is 0 Å². The van der Waals surface area contributed by atoms with Crippen molar-refractivity contribution in [3.63, 3.8) is 0 Å². The van der Waals surface area contributed by atoms with Crippen LogP contribution in [0.25, 0.3) is 0 Å². The van der Waals surface area contributed by atoms with Crippen LogP contribution in [0.15, 0.2) is 24.3 Å². The molecule has 0 unspecified atom stereocenters. The van der Waals surface area contributed by atoms with Gasteiger partial charge in [-0.2, -0.15) is 0 Å². The minimum atomic E-state index is 0. The van der Waals surface area contributed by atoms with Crippen molar-refractivity contribution in [1.29, 1.82) is 0 Å². The molecule has 0 heterocycles. The van der Waals surface area contributed by atoms with Gasteiger partial charge in [0, 0.05) is 0 Å². The molecule has 0 aliphatic heterocycles. The van der Waals surface area contributed by atoms with Crippen molar-refractivity contribution in [2.45, 2.75) is 6.92 Å². The van der Waals surface area contributed by atoms with Crippen LogP contribution in [0.1, 0.15) is 5.56 Å². The summed E-state index contributed by atoms with van der Waals surface area (Å²) in [5.41, 5.74) is 1.41. The van der Waals surface area contributed by atoms with Crippen molar-refractivity contribution < 1.29 is 0 Å². The van der Waals surface area contributed by atoms with Gasteiger partial charge in [-0.05, 0) is 0 Å². The van der Waals surface area contributed by atoms with E-state index in [0.29, 0.717) is 0 Å². The molecule has 0 aromatic heterocycles. The minimum absolute atomic E-state index is 0. The molecule has 0 bridgehead atoms. The fourth-order valence-electron chi connectivity index (χ4n) is 0.573. The molecule has 55 valence electrons. The Hall–Kier alpha value is 0.599. The molecule has 0 aliphatic carbocycles. The van der Waals surface area contributed by atoms with Crippen LogP contribution in [0.4, 0.5) is 0 Å². The largest absolute Gasteiger partial charge is 0.147 e. The van der Waals surface area contributed by atoms with Crippen molar-refractivity contribution >= 4 is 50.9 Å². The van der Waals surface area contributed by atoms with Gasteiger partial charge in [0.15, 0.2) is 0 Å². The summed E-state index contributed by atoms with van der Waals surface area (Å²) in [5.74, 6) is 0. The van der Waals surface area contributed by atoms with Gasteiger partial charge in [-0.25, -0.2) is 0 Å². The molecule has 1 aromatic carbocycles. The maximum atomic E-state index is 2.16. The number of halogens is 2. The predicted octanol–water partition coefficient (Wildman–Crippen LogP) is 1.63. The molecule has 0 nitrogen and oxygen atoms in total. The van der Waals surface area contributed by atoms with E-state index in [4.69, 9.17) is 0 Å². The maximum absolute atomic E-state index is 2.16. The Kier molecular flexibility index (Phi) is 8.34. The van der Waals surface area contributed by atoms with Gasteiger partial charge in [0.25, 0.3) is 0 Å². The van der Waals surface area contributed by atoms with E-state index >= 15 is 0 Å². The number of hydrogen-bond donors (Lipinski definition) is 0. The van der Waals surface area contributed by atoms with Gasteiger partial charge < -0.3 is 0 Å². The van der Waals surface area contributed by atoms with Gasteiger partial charge in [-0.1, -0.05) is 0 Å². The summed E-state index contributed by atoms with van der Waals surface area (Å²) < 4.78 is 1.46. The van der Waals surface area contributed by atoms with Crippen molar-refractivity contribution in [2.75, 3.05) is 0 Å². The zero-order valence-electron chi connectivity index (χ0n) is 5.63. The molecule has 3 radical (unpaired) electrons. The van der Waals surface area contributed by atoms with Crippen molar-refractivity contribution in [2.24, 2.45) is 0 Å². The fraction of sp³-hybridized carbons (Fsp3) is 0.143. The smallest absolute Gasteiger partial charge is 0.147 e. The average molecular weight is 283 g/mol. The number of aryl methyl sites for hydroxylation is 1. The van der Waals surface area contributed by atoms with Crippen LogP contribution >= 0.6 is 24.8 Å². The molecule has 0 saturated heterocycles. The summed E-state index contributed by atoms with van der Waals surface area (Å²) in [6.07, 6.45) is 0. The summed E-state index contributed by atoms with van der Waals surface area (Å²) in [5, 5.41) is 0. The minimum Gasteiger partial charge on any atom is -0.147 e. The Labute approximate surface area is 87.3 Å². The Bertz CT molecular complexity index is 168. The van der Waals surface area contributed by atoms with E-state index < -0.39 is 0 Å². The molecule has 0 amide bonds. The second kappa shape index (κ2) is 6.32. The third-order valence-corrected chi connectivity index (χ3v) is 2.75. The first kappa shape index (κ1) is 13.2. The van der Waals surface area contributed by atoms with Crippen molar-refractivity contribution in [3.8, 4) is 0 Å². The second-order valence-corrected chi connectivity index (χ2v) is 3.35.